The number of aromatic nitrogens is 1. The lowest BCUT2D eigenvalue weighted by Crippen LogP contribution is -2.51. The zero-order chi connectivity index (χ0) is 15.4. The number of carbonyl (C=O) groups excluding carboxylic acids is 1. The second-order valence-electron chi connectivity index (χ2n) is 6.10. The van der Waals surface area contributed by atoms with E-state index in [0.717, 1.165) is 22.2 Å². The number of nitrogens with one attached hydrogen (secondary N) is 1. The van der Waals surface area contributed by atoms with Gasteiger partial charge in [0.15, 0.2) is 0 Å². The van der Waals surface area contributed by atoms with Gasteiger partial charge in [0.05, 0.1) is 12.5 Å². The van der Waals surface area contributed by atoms with Crippen LogP contribution in [-0.4, -0.2) is 50.5 Å². The van der Waals surface area contributed by atoms with Gasteiger partial charge in [0, 0.05) is 23.0 Å². The number of para-hydroxylation sites is 1. The molecule has 116 valence electrons. The van der Waals surface area contributed by atoms with Crippen LogP contribution in [0.5, 0.6) is 0 Å². The minimum Gasteiger partial charge on any atom is -0.388 e. The molecule has 0 radical (unpaired) electrons. The summed E-state index contributed by atoms with van der Waals surface area (Å²) in [4.78, 5) is 21.3. The second kappa shape index (κ2) is 4.81. The van der Waals surface area contributed by atoms with Crippen LogP contribution in [0.25, 0.3) is 10.9 Å². The van der Waals surface area contributed by atoms with Gasteiger partial charge in [-0.1, -0.05) is 18.2 Å². The lowest BCUT2D eigenvalue weighted by atomic mass is 10.1. The molecule has 22 heavy (non-hydrogen) atoms. The van der Waals surface area contributed by atoms with Crippen molar-refractivity contribution in [3.8, 4) is 0 Å². The van der Waals surface area contributed by atoms with Crippen molar-refractivity contribution in [2.24, 2.45) is 0 Å². The molecule has 0 spiro atoms. The summed E-state index contributed by atoms with van der Waals surface area (Å²) in [5.41, 5.74) is 2.91. The number of hydrogen-bond donors (Lipinski definition) is 3. The smallest absolute Gasteiger partial charge is 0.250 e. The van der Waals surface area contributed by atoms with Crippen molar-refractivity contribution in [2.45, 2.75) is 44.1 Å². The molecule has 2 heterocycles. The van der Waals surface area contributed by atoms with Gasteiger partial charge in [0.2, 0.25) is 0 Å². The highest BCUT2D eigenvalue weighted by atomic mass is 16.7. The molecule has 2 fully saturated rings. The van der Waals surface area contributed by atoms with Gasteiger partial charge < -0.3 is 15.2 Å². The number of aryl methyl sites for hydroxylation is 1. The molecule has 2 aromatic rings. The molecule has 1 aromatic carbocycles. The molecule has 1 amide bonds. The van der Waals surface area contributed by atoms with E-state index in [1.807, 2.05) is 31.2 Å². The van der Waals surface area contributed by atoms with Crippen molar-refractivity contribution in [1.29, 1.82) is 0 Å². The SMILES string of the molecule is Cc1[nH]c2ccccc2c1CC(=O)N1O[C@@H]2C[C@H]1[C@@H](O)[C@H]2O. The predicted molar refractivity (Wildman–Crippen MR) is 78.9 cm³/mol. The van der Waals surface area contributed by atoms with Gasteiger partial charge in [0.1, 0.15) is 18.3 Å². The minimum absolute atomic E-state index is 0.189. The van der Waals surface area contributed by atoms with Crippen molar-refractivity contribution in [3.63, 3.8) is 0 Å². The van der Waals surface area contributed by atoms with Crippen molar-refractivity contribution >= 4 is 16.8 Å². The molecular weight excluding hydrogens is 284 g/mol. The van der Waals surface area contributed by atoms with Crippen LogP contribution in [-0.2, 0) is 16.1 Å². The summed E-state index contributed by atoms with van der Waals surface area (Å²) in [5, 5.41) is 21.9. The van der Waals surface area contributed by atoms with Crippen LogP contribution in [0.15, 0.2) is 24.3 Å². The van der Waals surface area contributed by atoms with E-state index >= 15 is 0 Å². The molecule has 6 heteroatoms. The second-order valence-corrected chi connectivity index (χ2v) is 6.10. The van der Waals surface area contributed by atoms with E-state index in [2.05, 4.69) is 4.98 Å². The summed E-state index contributed by atoms with van der Waals surface area (Å²) in [5.74, 6) is -0.189. The monoisotopic (exact) mass is 302 g/mol. The number of amides is 1. The number of H-pyrrole nitrogens is 1. The van der Waals surface area contributed by atoms with Crippen LogP contribution < -0.4 is 0 Å². The number of nitrogens with zero attached hydrogens (tertiary/aromatic N) is 1. The summed E-state index contributed by atoms with van der Waals surface area (Å²) in [7, 11) is 0. The number of rotatable bonds is 2. The fourth-order valence-electron chi connectivity index (χ4n) is 3.56. The Hall–Kier alpha value is -1.89. The Morgan fingerprint density at radius 2 is 2.14 bits per heavy atom. The van der Waals surface area contributed by atoms with E-state index in [4.69, 9.17) is 4.84 Å². The third-order valence-electron chi connectivity index (χ3n) is 4.75. The number of benzene rings is 1. The number of hydrogen-bond acceptors (Lipinski definition) is 4. The fraction of sp³-hybridized carbons (Fsp3) is 0.438. The van der Waals surface area contributed by atoms with Crippen LogP contribution in [0, 0.1) is 6.92 Å². The number of aromatic amines is 1. The Kier molecular flexibility index (Phi) is 3.00. The van der Waals surface area contributed by atoms with E-state index in [9.17, 15) is 15.0 Å². The Balaban J connectivity index is 1.59. The maximum Gasteiger partial charge on any atom is 0.250 e. The van der Waals surface area contributed by atoms with E-state index in [1.165, 1.54) is 5.06 Å². The van der Waals surface area contributed by atoms with Crippen LogP contribution >= 0.6 is 0 Å². The van der Waals surface area contributed by atoms with Gasteiger partial charge >= 0.3 is 0 Å². The van der Waals surface area contributed by atoms with Crippen LogP contribution in [0.2, 0.25) is 0 Å². The van der Waals surface area contributed by atoms with E-state index in [1.54, 1.807) is 0 Å². The predicted octanol–water partition coefficient (Wildman–Crippen LogP) is 0.655. The molecule has 2 bridgehead atoms. The van der Waals surface area contributed by atoms with Crippen molar-refractivity contribution < 1.29 is 19.8 Å². The number of hydroxylamine groups is 2. The molecule has 3 N–H and O–H groups in total. The molecule has 2 aliphatic rings. The highest BCUT2D eigenvalue weighted by Gasteiger charge is 2.54. The van der Waals surface area contributed by atoms with E-state index in [0.29, 0.717) is 6.42 Å². The first-order valence-corrected chi connectivity index (χ1v) is 7.47. The Labute approximate surface area is 127 Å². The number of aliphatic hydroxyl groups is 2. The fourth-order valence-corrected chi connectivity index (χ4v) is 3.56. The van der Waals surface area contributed by atoms with Crippen LogP contribution in [0.3, 0.4) is 0 Å². The van der Waals surface area contributed by atoms with Crippen LogP contribution in [0.1, 0.15) is 17.7 Å². The molecule has 0 unspecified atom stereocenters. The van der Waals surface area contributed by atoms with E-state index < -0.39 is 24.4 Å². The highest BCUT2D eigenvalue weighted by Crippen LogP contribution is 2.36. The topological polar surface area (TPSA) is 85.8 Å². The average Bonchev–Trinajstić information content (AvgIpc) is 3.15. The van der Waals surface area contributed by atoms with Crippen molar-refractivity contribution in [2.75, 3.05) is 0 Å². The largest absolute Gasteiger partial charge is 0.388 e. The first-order valence-electron chi connectivity index (χ1n) is 7.47. The number of aliphatic hydroxyl groups excluding tert-OH is 2. The van der Waals surface area contributed by atoms with Gasteiger partial charge in [0.25, 0.3) is 5.91 Å². The first-order chi connectivity index (χ1) is 10.6. The number of carbonyl (C=O) groups is 1. The zero-order valence-corrected chi connectivity index (χ0v) is 12.2. The molecule has 4 rings (SSSR count). The van der Waals surface area contributed by atoms with Gasteiger partial charge in [-0.15, -0.1) is 0 Å². The maximum absolute atomic E-state index is 12.5. The summed E-state index contributed by atoms with van der Waals surface area (Å²) < 4.78 is 0. The molecular formula is C16H18N2O4. The lowest BCUT2D eigenvalue weighted by molar-refractivity contribution is -0.239. The number of fused-ring (bicyclic) bond motifs is 3. The van der Waals surface area contributed by atoms with Gasteiger partial charge in [-0.3, -0.25) is 9.63 Å². The molecule has 1 aliphatic heterocycles. The highest BCUT2D eigenvalue weighted by molar-refractivity contribution is 5.90. The standard InChI is InChI=1S/C16H18N2O4/c1-8-10(9-4-2-3-5-11(9)17-8)6-14(19)18-12-7-13(22-18)16(21)15(12)20/h2-5,12-13,15-17,20-21H,6-7H2,1H3/t12-,13+,15+,16-/m0/s1. The molecule has 1 saturated carbocycles. The summed E-state index contributed by atoms with van der Waals surface area (Å²) >= 11 is 0. The minimum atomic E-state index is -0.924. The van der Waals surface area contributed by atoms with Gasteiger partial charge in [-0.25, -0.2) is 5.06 Å². The lowest BCUT2D eigenvalue weighted by Gasteiger charge is -2.32. The van der Waals surface area contributed by atoms with Gasteiger partial charge in [-0.05, 0) is 18.6 Å². The molecule has 4 atom stereocenters. The molecule has 1 aromatic heterocycles. The molecule has 6 nitrogen and oxygen atoms in total. The summed E-state index contributed by atoms with van der Waals surface area (Å²) in [6, 6.07) is 7.40. The summed E-state index contributed by atoms with van der Waals surface area (Å²) in [6.07, 6.45) is -1.60. The third kappa shape index (κ3) is 1.88. The Bertz CT molecular complexity index is 739. The van der Waals surface area contributed by atoms with E-state index in [-0.39, 0.29) is 12.3 Å². The quantitative estimate of drug-likeness (QED) is 0.760. The summed E-state index contributed by atoms with van der Waals surface area (Å²) in [6.45, 7) is 1.94. The maximum atomic E-state index is 12.5. The van der Waals surface area contributed by atoms with Crippen molar-refractivity contribution in [1.82, 2.24) is 10.0 Å². The average molecular weight is 302 g/mol. The van der Waals surface area contributed by atoms with Crippen LogP contribution in [0.4, 0.5) is 0 Å². The molecule has 1 saturated heterocycles. The first kappa shape index (κ1) is 13.8. The van der Waals surface area contributed by atoms with Crippen molar-refractivity contribution in [3.05, 3.63) is 35.5 Å². The zero-order valence-electron chi connectivity index (χ0n) is 12.2. The van der Waals surface area contributed by atoms with Gasteiger partial charge in [-0.2, -0.15) is 0 Å². The normalized spacial score (nSPS) is 30.4. The third-order valence-corrected chi connectivity index (χ3v) is 4.75. The molecule has 1 aliphatic carbocycles. The Morgan fingerprint density at radius 1 is 1.36 bits per heavy atom. The Morgan fingerprint density at radius 3 is 2.86 bits per heavy atom.